The molecular formula is C34H28O5. The molecule has 5 nitrogen and oxygen atoms in total. The molecule has 0 radical (unpaired) electrons. The molecule has 1 aromatic heterocycles. The molecule has 4 aromatic carbocycles. The smallest absolute Gasteiger partial charge is 0.138 e. The summed E-state index contributed by atoms with van der Waals surface area (Å²) in [5.74, 6) is 11.9. The van der Waals surface area contributed by atoms with E-state index >= 15 is 0 Å². The van der Waals surface area contributed by atoms with Crippen LogP contribution in [0.3, 0.4) is 0 Å². The van der Waals surface area contributed by atoms with E-state index in [1.54, 1.807) is 64.1 Å². The molecule has 5 heteroatoms. The lowest BCUT2D eigenvalue weighted by Crippen LogP contribution is -2.14. The van der Waals surface area contributed by atoms with Crippen molar-refractivity contribution in [1.29, 1.82) is 0 Å². The molecule has 0 saturated heterocycles. The van der Waals surface area contributed by atoms with Gasteiger partial charge in [0.15, 0.2) is 0 Å². The first-order valence-corrected chi connectivity index (χ1v) is 12.5. The van der Waals surface area contributed by atoms with Crippen molar-refractivity contribution in [2.75, 3.05) is 0 Å². The molecule has 0 aliphatic heterocycles. The number of aromatic hydroxyl groups is 2. The minimum absolute atomic E-state index is 0.0379. The van der Waals surface area contributed by atoms with Gasteiger partial charge in [-0.05, 0) is 97.8 Å². The SMILES string of the molecule is CC(C)(O)C#Cc1ccc2c(c1)c1ccc(O)cc1oc1cc(O)ccc1c1cc(C#CC(C)(C)O)ccc12. The normalized spacial score (nSPS) is 11.6. The van der Waals surface area contributed by atoms with Crippen molar-refractivity contribution in [3.63, 3.8) is 0 Å². The molecule has 0 amide bonds. The quantitative estimate of drug-likeness (QED) is 0.172. The minimum Gasteiger partial charge on any atom is -0.508 e. The van der Waals surface area contributed by atoms with E-state index in [-0.39, 0.29) is 11.5 Å². The fraction of sp³-hybridized carbons (Fsp3) is 0.176. The van der Waals surface area contributed by atoms with Crippen LogP contribution < -0.4 is 0 Å². The van der Waals surface area contributed by atoms with Crippen LogP contribution >= 0.6 is 0 Å². The average molecular weight is 517 g/mol. The Kier molecular flexibility index (Phi) is 6.36. The van der Waals surface area contributed by atoms with E-state index in [4.69, 9.17) is 4.42 Å². The number of phenolic OH excluding ortho intramolecular Hbond substituents is 2. The summed E-state index contributed by atoms with van der Waals surface area (Å²) in [6.45, 7) is 6.52. The van der Waals surface area contributed by atoms with Crippen molar-refractivity contribution in [3.8, 4) is 35.2 Å². The molecule has 0 aliphatic rings. The van der Waals surface area contributed by atoms with Crippen LogP contribution in [0.25, 0.3) is 43.5 Å². The maximum Gasteiger partial charge on any atom is 0.138 e. The summed E-state index contributed by atoms with van der Waals surface area (Å²) >= 11 is 0. The predicted octanol–water partition coefficient (Wildman–Crippen LogP) is 6.67. The van der Waals surface area contributed by atoms with Crippen molar-refractivity contribution < 1.29 is 24.8 Å². The van der Waals surface area contributed by atoms with Gasteiger partial charge in [-0.2, -0.15) is 0 Å². The lowest BCUT2D eigenvalue weighted by molar-refractivity contribution is 0.143. The summed E-state index contributed by atoms with van der Waals surface area (Å²) in [5.41, 5.74) is -0.0651. The second kappa shape index (κ2) is 9.57. The van der Waals surface area contributed by atoms with Crippen LogP contribution in [0, 0.1) is 23.7 Å². The molecule has 0 atom stereocenters. The van der Waals surface area contributed by atoms with Gasteiger partial charge < -0.3 is 24.8 Å². The molecule has 0 unspecified atom stereocenters. The third-order valence-electron chi connectivity index (χ3n) is 6.09. The van der Waals surface area contributed by atoms with E-state index < -0.39 is 11.2 Å². The summed E-state index contributed by atoms with van der Waals surface area (Å²) in [7, 11) is 0. The molecule has 0 fully saturated rings. The Morgan fingerprint density at radius 1 is 0.513 bits per heavy atom. The zero-order chi connectivity index (χ0) is 27.9. The fourth-order valence-electron chi connectivity index (χ4n) is 4.36. The van der Waals surface area contributed by atoms with E-state index in [2.05, 4.69) is 23.7 Å². The number of aliphatic hydroxyl groups is 2. The zero-order valence-electron chi connectivity index (χ0n) is 22.1. The van der Waals surface area contributed by atoms with Gasteiger partial charge in [0.25, 0.3) is 0 Å². The number of phenols is 2. The Morgan fingerprint density at radius 3 is 1.28 bits per heavy atom. The molecule has 0 bridgehead atoms. The van der Waals surface area contributed by atoms with E-state index in [1.165, 1.54) is 0 Å². The first-order chi connectivity index (χ1) is 18.4. The van der Waals surface area contributed by atoms with Gasteiger partial charge in [-0.3, -0.25) is 0 Å². The Balaban J connectivity index is 2.04. The number of hydrogen-bond donors (Lipinski definition) is 4. The molecule has 1 heterocycles. The molecule has 5 aromatic rings. The van der Waals surface area contributed by atoms with Crippen LogP contribution in [0.15, 0.2) is 77.2 Å². The van der Waals surface area contributed by atoms with Gasteiger partial charge in [0, 0.05) is 34.0 Å². The molecule has 5 rings (SSSR count). The molecule has 0 spiro atoms. The largest absolute Gasteiger partial charge is 0.508 e. The number of hydrogen-bond acceptors (Lipinski definition) is 5. The highest BCUT2D eigenvalue weighted by molar-refractivity contribution is 6.19. The Labute approximate surface area is 226 Å². The van der Waals surface area contributed by atoms with Crippen LogP contribution in [-0.2, 0) is 0 Å². The second-order valence-corrected chi connectivity index (χ2v) is 10.6. The lowest BCUT2D eigenvalue weighted by atomic mass is 9.98. The summed E-state index contributed by atoms with van der Waals surface area (Å²) < 4.78 is 6.37. The van der Waals surface area contributed by atoms with E-state index in [0.717, 1.165) is 32.3 Å². The van der Waals surface area contributed by atoms with Crippen molar-refractivity contribution in [3.05, 3.63) is 83.9 Å². The highest BCUT2D eigenvalue weighted by Crippen LogP contribution is 2.35. The minimum atomic E-state index is -1.15. The molecule has 4 N–H and O–H groups in total. The molecule has 194 valence electrons. The van der Waals surface area contributed by atoms with E-state index in [1.807, 2.05) is 36.4 Å². The van der Waals surface area contributed by atoms with Gasteiger partial charge in [0.1, 0.15) is 33.9 Å². The van der Waals surface area contributed by atoms with Gasteiger partial charge in [-0.25, -0.2) is 0 Å². The first kappa shape index (κ1) is 25.9. The Bertz CT molecular complexity index is 1820. The molecule has 0 aliphatic carbocycles. The maximum absolute atomic E-state index is 10.3. The third kappa shape index (κ3) is 5.76. The Hall–Kier alpha value is -4.68. The van der Waals surface area contributed by atoms with Crippen LogP contribution in [0.2, 0.25) is 0 Å². The van der Waals surface area contributed by atoms with Crippen LogP contribution in [0.1, 0.15) is 38.8 Å². The lowest BCUT2D eigenvalue weighted by Gasteiger charge is -2.07. The summed E-state index contributed by atoms with van der Waals surface area (Å²) in [4.78, 5) is 0. The van der Waals surface area contributed by atoms with Gasteiger partial charge in [-0.1, -0.05) is 35.8 Å². The van der Waals surface area contributed by atoms with Crippen molar-refractivity contribution >= 4 is 43.5 Å². The van der Waals surface area contributed by atoms with E-state index in [0.29, 0.717) is 22.3 Å². The third-order valence-corrected chi connectivity index (χ3v) is 6.09. The van der Waals surface area contributed by atoms with Crippen molar-refractivity contribution in [2.24, 2.45) is 0 Å². The molecule has 0 saturated carbocycles. The topological polar surface area (TPSA) is 94.1 Å². The van der Waals surface area contributed by atoms with Gasteiger partial charge >= 0.3 is 0 Å². The second-order valence-electron chi connectivity index (χ2n) is 10.6. The van der Waals surface area contributed by atoms with Crippen LogP contribution in [-0.4, -0.2) is 31.6 Å². The molecule has 39 heavy (non-hydrogen) atoms. The van der Waals surface area contributed by atoms with Gasteiger partial charge in [-0.15, -0.1) is 0 Å². The molecular weight excluding hydrogens is 488 g/mol. The highest BCUT2D eigenvalue weighted by atomic mass is 16.3. The predicted molar refractivity (Wildman–Crippen MR) is 156 cm³/mol. The van der Waals surface area contributed by atoms with Crippen molar-refractivity contribution in [1.82, 2.24) is 0 Å². The van der Waals surface area contributed by atoms with Crippen molar-refractivity contribution in [2.45, 2.75) is 38.9 Å². The average Bonchev–Trinajstić information content (AvgIpc) is 2.89. The van der Waals surface area contributed by atoms with Crippen LogP contribution in [0.5, 0.6) is 11.5 Å². The first-order valence-electron chi connectivity index (χ1n) is 12.5. The van der Waals surface area contributed by atoms with Gasteiger partial charge in [0.2, 0.25) is 0 Å². The number of fused-ring (bicyclic) bond motifs is 7. The maximum atomic E-state index is 10.3. The fourth-order valence-corrected chi connectivity index (χ4v) is 4.36. The summed E-state index contributed by atoms with van der Waals surface area (Å²) in [6, 6.07) is 21.5. The zero-order valence-corrected chi connectivity index (χ0v) is 22.1. The number of benzene rings is 4. The summed E-state index contributed by atoms with van der Waals surface area (Å²) in [5, 5.41) is 45.8. The standard InChI is InChI=1S/C34H28O5/c1-33(2,37)15-13-21-5-9-25-26-10-6-22(14-16-34(3,4)38)18-30(26)28-12-8-24(36)20-32(28)39-31-19-23(35)7-11-27(31)29(25)17-21/h5-12,17-20,35-38H,1-4H3. The van der Waals surface area contributed by atoms with E-state index in [9.17, 15) is 20.4 Å². The Morgan fingerprint density at radius 2 is 0.897 bits per heavy atom. The summed E-state index contributed by atoms with van der Waals surface area (Å²) in [6.07, 6.45) is 0. The number of rotatable bonds is 0. The highest BCUT2D eigenvalue weighted by Gasteiger charge is 2.11. The van der Waals surface area contributed by atoms with Crippen LogP contribution in [0.4, 0.5) is 0 Å². The van der Waals surface area contributed by atoms with Gasteiger partial charge in [0.05, 0.1) is 0 Å². The monoisotopic (exact) mass is 516 g/mol.